The Morgan fingerprint density at radius 3 is 2.88 bits per heavy atom. The van der Waals surface area contributed by atoms with E-state index in [9.17, 15) is 4.79 Å². The number of carbonyl (C=O) groups excluding carboxylic acids is 1. The van der Waals surface area contributed by atoms with Gasteiger partial charge in [-0.2, -0.15) is 5.26 Å². The lowest BCUT2D eigenvalue weighted by atomic mass is 10.1. The van der Waals surface area contributed by atoms with Crippen LogP contribution in [-0.2, 0) is 0 Å². The van der Waals surface area contributed by atoms with Crippen LogP contribution in [0.1, 0.15) is 20.8 Å². The van der Waals surface area contributed by atoms with E-state index in [1.54, 1.807) is 30.3 Å². The fourth-order valence-electron chi connectivity index (χ4n) is 1.38. The number of thiophene rings is 1. The van der Waals surface area contributed by atoms with Crippen LogP contribution in [0.2, 0.25) is 0 Å². The second kappa shape index (κ2) is 5.24. The SMILES string of the molecule is N#Cc1cccc(C=CC(=O)c2cccs2)c1. The van der Waals surface area contributed by atoms with Crippen molar-refractivity contribution in [2.45, 2.75) is 0 Å². The highest BCUT2D eigenvalue weighted by atomic mass is 32.1. The number of rotatable bonds is 3. The van der Waals surface area contributed by atoms with Gasteiger partial charge in [-0.05, 0) is 35.2 Å². The van der Waals surface area contributed by atoms with Gasteiger partial charge in [0, 0.05) is 0 Å². The molecular formula is C14H9NOS. The van der Waals surface area contributed by atoms with Gasteiger partial charge in [-0.1, -0.05) is 24.3 Å². The summed E-state index contributed by atoms with van der Waals surface area (Å²) in [5.74, 6) is -0.0117. The molecule has 0 N–H and O–H groups in total. The van der Waals surface area contributed by atoms with Crippen LogP contribution in [-0.4, -0.2) is 5.78 Å². The van der Waals surface area contributed by atoms with Crippen LogP contribution < -0.4 is 0 Å². The van der Waals surface area contributed by atoms with E-state index in [1.165, 1.54) is 17.4 Å². The maximum atomic E-state index is 11.7. The molecule has 82 valence electrons. The van der Waals surface area contributed by atoms with E-state index in [1.807, 2.05) is 17.5 Å². The Kier molecular flexibility index (Phi) is 3.49. The third kappa shape index (κ3) is 2.90. The summed E-state index contributed by atoms with van der Waals surface area (Å²) in [6.45, 7) is 0. The summed E-state index contributed by atoms with van der Waals surface area (Å²) in [6.07, 6.45) is 3.26. The highest BCUT2D eigenvalue weighted by Crippen LogP contribution is 2.12. The third-order valence-corrected chi connectivity index (χ3v) is 3.09. The van der Waals surface area contributed by atoms with Gasteiger partial charge in [0.15, 0.2) is 5.78 Å². The van der Waals surface area contributed by atoms with Crippen molar-refractivity contribution in [3.05, 3.63) is 63.9 Å². The van der Waals surface area contributed by atoms with E-state index in [-0.39, 0.29) is 5.78 Å². The van der Waals surface area contributed by atoms with E-state index in [2.05, 4.69) is 6.07 Å². The van der Waals surface area contributed by atoms with E-state index in [4.69, 9.17) is 5.26 Å². The fourth-order valence-corrected chi connectivity index (χ4v) is 2.03. The molecule has 0 amide bonds. The smallest absolute Gasteiger partial charge is 0.195 e. The van der Waals surface area contributed by atoms with Crippen molar-refractivity contribution in [1.29, 1.82) is 5.26 Å². The second-order valence-corrected chi connectivity index (χ2v) is 4.36. The molecule has 0 unspecified atom stereocenters. The van der Waals surface area contributed by atoms with Crippen molar-refractivity contribution in [2.75, 3.05) is 0 Å². The molecule has 2 nitrogen and oxygen atoms in total. The van der Waals surface area contributed by atoms with Gasteiger partial charge in [-0.3, -0.25) is 4.79 Å². The number of carbonyl (C=O) groups is 1. The molecule has 0 aliphatic carbocycles. The summed E-state index contributed by atoms with van der Waals surface area (Å²) in [4.78, 5) is 12.4. The summed E-state index contributed by atoms with van der Waals surface area (Å²) < 4.78 is 0. The number of allylic oxidation sites excluding steroid dienone is 1. The maximum Gasteiger partial charge on any atom is 0.195 e. The average molecular weight is 239 g/mol. The zero-order valence-corrected chi connectivity index (χ0v) is 9.78. The molecule has 0 spiro atoms. The molecule has 1 heterocycles. The molecule has 2 aromatic rings. The number of nitrogens with zero attached hydrogens (tertiary/aromatic N) is 1. The number of nitriles is 1. The first kappa shape index (κ1) is 11.3. The molecule has 0 atom stereocenters. The van der Waals surface area contributed by atoms with Crippen LogP contribution in [0.5, 0.6) is 0 Å². The highest BCUT2D eigenvalue weighted by molar-refractivity contribution is 7.12. The molecule has 1 aromatic heterocycles. The molecule has 0 radical (unpaired) electrons. The van der Waals surface area contributed by atoms with Crippen molar-refractivity contribution in [3.63, 3.8) is 0 Å². The molecule has 0 aliphatic heterocycles. The van der Waals surface area contributed by atoms with Gasteiger partial charge in [-0.15, -0.1) is 11.3 Å². The number of ketones is 1. The molecule has 0 saturated carbocycles. The van der Waals surface area contributed by atoms with Crippen LogP contribution in [0.4, 0.5) is 0 Å². The Bertz CT molecular complexity index is 591. The van der Waals surface area contributed by atoms with Crippen molar-refractivity contribution >= 4 is 23.2 Å². The molecule has 17 heavy (non-hydrogen) atoms. The highest BCUT2D eigenvalue weighted by Gasteiger charge is 2.01. The van der Waals surface area contributed by atoms with E-state index >= 15 is 0 Å². The topological polar surface area (TPSA) is 40.9 Å². The monoisotopic (exact) mass is 239 g/mol. The van der Waals surface area contributed by atoms with Gasteiger partial charge in [0.25, 0.3) is 0 Å². The first-order valence-electron chi connectivity index (χ1n) is 5.05. The zero-order chi connectivity index (χ0) is 12.1. The van der Waals surface area contributed by atoms with Crippen molar-refractivity contribution < 1.29 is 4.79 Å². The predicted molar refractivity (Wildman–Crippen MR) is 68.8 cm³/mol. The summed E-state index contributed by atoms with van der Waals surface area (Å²) >= 11 is 1.42. The molecule has 0 aliphatic rings. The van der Waals surface area contributed by atoms with Crippen molar-refractivity contribution in [1.82, 2.24) is 0 Å². The molecule has 1 aromatic carbocycles. The standard InChI is InChI=1S/C14H9NOS/c15-10-12-4-1-3-11(9-12)6-7-13(16)14-5-2-8-17-14/h1-9H. The van der Waals surface area contributed by atoms with Gasteiger partial charge < -0.3 is 0 Å². The Morgan fingerprint density at radius 2 is 2.18 bits per heavy atom. The Balaban J connectivity index is 2.16. The average Bonchev–Trinajstić information content (AvgIpc) is 2.90. The first-order chi connectivity index (χ1) is 8.29. The Hall–Kier alpha value is -2.18. The molecule has 3 heteroatoms. The van der Waals surface area contributed by atoms with Gasteiger partial charge in [0.2, 0.25) is 0 Å². The quantitative estimate of drug-likeness (QED) is 0.607. The second-order valence-electron chi connectivity index (χ2n) is 3.41. The number of benzene rings is 1. The summed E-state index contributed by atoms with van der Waals surface area (Å²) in [7, 11) is 0. The van der Waals surface area contributed by atoms with Crippen LogP contribution in [0.15, 0.2) is 47.9 Å². The van der Waals surface area contributed by atoms with Crippen LogP contribution in [0.3, 0.4) is 0 Å². The lowest BCUT2D eigenvalue weighted by Crippen LogP contribution is -1.88. The van der Waals surface area contributed by atoms with E-state index in [0.717, 1.165) is 10.4 Å². The molecule has 0 fully saturated rings. The van der Waals surface area contributed by atoms with Gasteiger partial charge in [0.05, 0.1) is 16.5 Å². The molecule has 0 saturated heterocycles. The summed E-state index contributed by atoms with van der Waals surface area (Å²) in [5.41, 5.74) is 1.45. The predicted octanol–water partition coefficient (Wildman–Crippen LogP) is 3.52. The lowest BCUT2D eigenvalue weighted by Gasteiger charge is -1.93. The summed E-state index contributed by atoms with van der Waals surface area (Å²) in [5, 5.41) is 10.6. The lowest BCUT2D eigenvalue weighted by molar-refractivity contribution is 0.105. The fraction of sp³-hybridized carbons (Fsp3) is 0. The first-order valence-corrected chi connectivity index (χ1v) is 5.93. The van der Waals surface area contributed by atoms with E-state index < -0.39 is 0 Å². The van der Waals surface area contributed by atoms with Gasteiger partial charge in [-0.25, -0.2) is 0 Å². The van der Waals surface area contributed by atoms with Crippen LogP contribution in [0.25, 0.3) is 6.08 Å². The van der Waals surface area contributed by atoms with Crippen LogP contribution >= 0.6 is 11.3 Å². The molecule has 0 bridgehead atoms. The van der Waals surface area contributed by atoms with Crippen molar-refractivity contribution in [2.24, 2.45) is 0 Å². The van der Waals surface area contributed by atoms with Gasteiger partial charge in [0.1, 0.15) is 0 Å². The maximum absolute atomic E-state index is 11.7. The van der Waals surface area contributed by atoms with Crippen molar-refractivity contribution in [3.8, 4) is 6.07 Å². The zero-order valence-electron chi connectivity index (χ0n) is 8.96. The van der Waals surface area contributed by atoms with Crippen LogP contribution in [0, 0.1) is 11.3 Å². The number of hydrogen-bond acceptors (Lipinski definition) is 3. The molecule has 2 rings (SSSR count). The Morgan fingerprint density at radius 1 is 1.29 bits per heavy atom. The van der Waals surface area contributed by atoms with Gasteiger partial charge >= 0.3 is 0 Å². The molecular weight excluding hydrogens is 230 g/mol. The summed E-state index contributed by atoms with van der Waals surface area (Å²) in [6, 6.07) is 12.9. The minimum Gasteiger partial charge on any atom is -0.288 e. The minimum absolute atomic E-state index is 0.0117. The minimum atomic E-state index is -0.0117. The largest absolute Gasteiger partial charge is 0.288 e. The van der Waals surface area contributed by atoms with E-state index in [0.29, 0.717) is 5.56 Å². The Labute approximate surface area is 103 Å². The third-order valence-electron chi connectivity index (χ3n) is 2.21. The number of hydrogen-bond donors (Lipinski definition) is 0. The normalized spacial score (nSPS) is 10.3.